The van der Waals surface area contributed by atoms with Crippen LogP contribution in [0.4, 0.5) is 11.4 Å². The summed E-state index contributed by atoms with van der Waals surface area (Å²) < 4.78 is 11.6. The molecule has 0 aromatic heterocycles. The predicted molar refractivity (Wildman–Crippen MR) is 110 cm³/mol. The molecule has 2 aliphatic heterocycles. The first kappa shape index (κ1) is 19.1. The molecule has 2 aromatic rings. The molecule has 2 atom stereocenters. The van der Waals surface area contributed by atoms with Crippen molar-refractivity contribution in [2.24, 2.45) is 0 Å². The average Bonchev–Trinajstić information content (AvgIpc) is 3.32. The molecular formula is C22H25N3O4. The summed E-state index contributed by atoms with van der Waals surface area (Å²) in [6.45, 7) is 5.36. The lowest BCUT2D eigenvalue weighted by molar-refractivity contribution is -0.136. The standard InChI is InChI=1S/C22H25N3O4/c1-3-22(2)28-18-10-9-15(13-19(18)29-22)23-20(26)21(27)24-16-11-12-25(14-16)17-7-5-4-6-8-17/h4-10,13,16H,3,11-12,14H2,1-2H3,(H,23,26)(H,24,27). The third-order valence-electron chi connectivity index (χ3n) is 5.35. The summed E-state index contributed by atoms with van der Waals surface area (Å²) >= 11 is 0. The van der Waals surface area contributed by atoms with E-state index in [9.17, 15) is 9.59 Å². The number of ether oxygens (including phenoxy) is 2. The molecule has 2 N–H and O–H groups in total. The maximum atomic E-state index is 12.3. The van der Waals surface area contributed by atoms with Crippen molar-refractivity contribution in [2.75, 3.05) is 23.3 Å². The highest BCUT2D eigenvalue weighted by Gasteiger charge is 2.35. The van der Waals surface area contributed by atoms with Crippen LogP contribution in [0.5, 0.6) is 11.5 Å². The number of hydrogen-bond donors (Lipinski definition) is 2. The van der Waals surface area contributed by atoms with Crippen LogP contribution < -0.4 is 25.0 Å². The highest BCUT2D eigenvalue weighted by atomic mass is 16.7. The molecule has 2 unspecified atom stereocenters. The number of para-hydroxylation sites is 1. The van der Waals surface area contributed by atoms with Crippen LogP contribution in [0.3, 0.4) is 0 Å². The topological polar surface area (TPSA) is 79.9 Å². The fraction of sp³-hybridized carbons (Fsp3) is 0.364. The number of benzene rings is 2. The van der Waals surface area contributed by atoms with Crippen LogP contribution in [0, 0.1) is 0 Å². The van der Waals surface area contributed by atoms with Gasteiger partial charge in [-0.1, -0.05) is 25.1 Å². The van der Waals surface area contributed by atoms with E-state index in [0.717, 1.165) is 18.7 Å². The molecular weight excluding hydrogens is 370 g/mol. The molecule has 1 fully saturated rings. The van der Waals surface area contributed by atoms with Crippen molar-refractivity contribution in [3.05, 3.63) is 48.5 Å². The van der Waals surface area contributed by atoms with E-state index in [-0.39, 0.29) is 6.04 Å². The van der Waals surface area contributed by atoms with Gasteiger partial charge in [0.2, 0.25) is 5.79 Å². The van der Waals surface area contributed by atoms with Crippen molar-refractivity contribution in [1.82, 2.24) is 5.32 Å². The first-order valence-corrected chi connectivity index (χ1v) is 9.90. The average molecular weight is 395 g/mol. The lowest BCUT2D eigenvalue weighted by atomic mass is 10.2. The maximum absolute atomic E-state index is 12.3. The number of nitrogens with one attached hydrogen (secondary N) is 2. The van der Waals surface area contributed by atoms with Crippen LogP contribution in [-0.2, 0) is 9.59 Å². The molecule has 29 heavy (non-hydrogen) atoms. The first-order valence-electron chi connectivity index (χ1n) is 9.90. The van der Waals surface area contributed by atoms with Crippen LogP contribution in [0.15, 0.2) is 48.5 Å². The summed E-state index contributed by atoms with van der Waals surface area (Å²) in [5, 5.41) is 5.46. The van der Waals surface area contributed by atoms with Crippen molar-refractivity contribution < 1.29 is 19.1 Å². The molecule has 1 saturated heterocycles. The molecule has 7 heteroatoms. The van der Waals surface area contributed by atoms with Crippen LogP contribution in [0.1, 0.15) is 26.7 Å². The third-order valence-corrected chi connectivity index (χ3v) is 5.35. The van der Waals surface area contributed by atoms with Crippen molar-refractivity contribution in [3.63, 3.8) is 0 Å². The zero-order chi connectivity index (χ0) is 20.4. The molecule has 7 nitrogen and oxygen atoms in total. The maximum Gasteiger partial charge on any atom is 0.313 e. The van der Waals surface area contributed by atoms with Gasteiger partial charge < -0.3 is 25.0 Å². The Balaban J connectivity index is 1.32. The normalized spacial score (nSPS) is 22.4. The molecule has 2 amide bonds. The van der Waals surface area contributed by atoms with Crippen molar-refractivity contribution >= 4 is 23.2 Å². The van der Waals surface area contributed by atoms with Crippen LogP contribution >= 0.6 is 0 Å². The molecule has 0 spiro atoms. The van der Waals surface area contributed by atoms with Gasteiger partial charge in [-0.25, -0.2) is 0 Å². The number of anilines is 2. The molecule has 2 aromatic carbocycles. The Labute approximate surface area is 170 Å². The fourth-order valence-electron chi connectivity index (χ4n) is 3.57. The molecule has 2 aliphatic rings. The minimum Gasteiger partial charge on any atom is -0.449 e. The van der Waals surface area contributed by atoms with Gasteiger partial charge >= 0.3 is 11.8 Å². The molecule has 0 radical (unpaired) electrons. The number of fused-ring (bicyclic) bond motifs is 1. The number of carbonyl (C=O) groups excluding carboxylic acids is 2. The van der Waals surface area contributed by atoms with E-state index < -0.39 is 17.6 Å². The minimum absolute atomic E-state index is 0.0597. The molecule has 152 valence electrons. The second kappa shape index (κ2) is 7.66. The van der Waals surface area contributed by atoms with Gasteiger partial charge in [0, 0.05) is 49.9 Å². The second-order valence-corrected chi connectivity index (χ2v) is 7.55. The van der Waals surface area contributed by atoms with Gasteiger partial charge in [-0.2, -0.15) is 0 Å². The summed E-state index contributed by atoms with van der Waals surface area (Å²) in [6.07, 6.45) is 1.49. The predicted octanol–water partition coefficient (Wildman–Crippen LogP) is 2.92. The zero-order valence-corrected chi connectivity index (χ0v) is 16.6. The number of hydrogen-bond acceptors (Lipinski definition) is 5. The Morgan fingerprint density at radius 1 is 1.10 bits per heavy atom. The lowest BCUT2D eigenvalue weighted by Crippen LogP contribution is -2.43. The SMILES string of the molecule is CCC1(C)Oc2ccc(NC(=O)C(=O)NC3CCN(c4ccccc4)C3)cc2O1. The van der Waals surface area contributed by atoms with E-state index >= 15 is 0 Å². The van der Waals surface area contributed by atoms with Gasteiger partial charge in [-0.3, -0.25) is 9.59 Å². The van der Waals surface area contributed by atoms with Crippen molar-refractivity contribution in [1.29, 1.82) is 0 Å². The van der Waals surface area contributed by atoms with Crippen molar-refractivity contribution in [3.8, 4) is 11.5 Å². The monoisotopic (exact) mass is 395 g/mol. The van der Waals surface area contributed by atoms with Gasteiger partial charge in [0.1, 0.15) is 0 Å². The quantitative estimate of drug-likeness (QED) is 0.778. The largest absolute Gasteiger partial charge is 0.449 e. The Bertz CT molecular complexity index is 918. The lowest BCUT2D eigenvalue weighted by Gasteiger charge is -2.20. The van der Waals surface area contributed by atoms with E-state index in [1.807, 2.05) is 44.2 Å². The van der Waals surface area contributed by atoms with E-state index in [4.69, 9.17) is 9.47 Å². The van der Waals surface area contributed by atoms with Crippen molar-refractivity contribution in [2.45, 2.75) is 38.5 Å². The van der Waals surface area contributed by atoms with Crippen LogP contribution in [0.2, 0.25) is 0 Å². The smallest absolute Gasteiger partial charge is 0.313 e. The second-order valence-electron chi connectivity index (χ2n) is 7.55. The summed E-state index contributed by atoms with van der Waals surface area (Å²) in [5.74, 6) is -0.845. The molecule has 0 aliphatic carbocycles. The Morgan fingerprint density at radius 2 is 1.86 bits per heavy atom. The Hall–Kier alpha value is -3.22. The Morgan fingerprint density at radius 3 is 2.62 bits per heavy atom. The number of amides is 2. The summed E-state index contributed by atoms with van der Waals surface area (Å²) in [4.78, 5) is 26.9. The molecule has 0 saturated carbocycles. The van der Waals surface area contributed by atoms with E-state index in [0.29, 0.717) is 30.2 Å². The summed E-state index contributed by atoms with van der Waals surface area (Å²) in [5.41, 5.74) is 1.61. The highest BCUT2D eigenvalue weighted by Crippen LogP contribution is 2.42. The van der Waals surface area contributed by atoms with E-state index in [2.05, 4.69) is 15.5 Å². The summed E-state index contributed by atoms with van der Waals surface area (Å²) in [7, 11) is 0. The number of rotatable bonds is 4. The van der Waals surface area contributed by atoms with Crippen LogP contribution in [0.25, 0.3) is 0 Å². The molecule has 4 rings (SSSR count). The zero-order valence-electron chi connectivity index (χ0n) is 16.6. The summed E-state index contributed by atoms with van der Waals surface area (Å²) in [6, 6.07) is 15.1. The number of nitrogens with zero attached hydrogens (tertiary/aromatic N) is 1. The van der Waals surface area contributed by atoms with Gasteiger partial charge in [0.15, 0.2) is 11.5 Å². The minimum atomic E-state index is -0.699. The third kappa shape index (κ3) is 4.13. The van der Waals surface area contributed by atoms with E-state index in [1.54, 1.807) is 18.2 Å². The van der Waals surface area contributed by atoms with Gasteiger partial charge in [-0.05, 0) is 30.7 Å². The molecule has 0 bridgehead atoms. The van der Waals surface area contributed by atoms with Crippen LogP contribution in [-0.4, -0.2) is 36.7 Å². The van der Waals surface area contributed by atoms with Gasteiger partial charge in [0.25, 0.3) is 0 Å². The van der Waals surface area contributed by atoms with Gasteiger partial charge in [0.05, 0.1) is 0 Å². The first-order chi connectivity index (χ1) is 14.0. The fourth-order valence-corrected chi connectivity index (χ4v) is 3.57. The van der Waals surface area contributed by atoms with E-state index in [1.165, 1.54) is 0 Å². The highest BCUT2D eigenvalue weighted by molar-refractivity contribution is 6.39. The number of carbonyl (C=O) groups is 2. The Kier molecular flexibility index (Phi) is 5.05. The molecule has 2 heterocycles. The van der Waals surface area contributed by atoms with Gasteiger partial charge in [-0.15, -0.1) is 0 Å².